The van der Waals surface area contributed by atoms with Crippen LogP contribution in [0.1, 0.15) is 32.3 Å². The summed E-state index contributed by atoms with van der Waals surface area (Å²) in [5.41, 5.74) is 2.27. The van der Waals surface area contributed by atoms with Crippen LogP contribution >= 0.6 is 15.9 Å². The van der Waals surface area contributed by atoms with Crippen LogP contribution in [-0.2, 0) is 19.7 Å². The quantitative estimate of drug-likeness (QED) is 0.577. The predicted octanol–water partition coefficient (Wildman–Crippen LogP) is 3.90. The molecule has 0 N–H and O–H groups in total. The third-order valence-electron chi connectivity index (χ3n) is 4.41. The van der Waals surface area contributed by atoms with Crippen LogP contribution in [0.25, 0.3) is 0 Å². The van der Waals surface area contributed by atoms with Crippen LogP contribution < -0.4 is 4.90 Å². The molecular formula is C17H18BrNO4. The molecule has 0 bridgehead atoms. The average Bonchev–Trinajstić information content (AvgIpc) is 2.94. The molecule has 0 aromatic heterocycles. The summed E-state index contributed by atoms with van der Waals surface area (Å²) in [6, 6.07) is 5.74. The zero-order valence-corrected chi connectivity index (χ0v) is 14.8. The predicted molar refractivity (Wildman–Crippen MR) is 89.2 cm³/mol. The molecule has 2 atom stereocenters. The number of allylic oxidation sites excluding steroid dienone is 2. The topological polar surface area (TPSA) is 55.8 Å². The van der Waals surface area contributed by atoms with Crippen molar-refractivity contribution in [2.75, 3.05) is 12.0 Å². The highest BCUT2D eigenvalue weighted by molar-refractivity contribution is 9.10. The number of carbonyl (C=O) groups excluding carboxylic acids is 2. The molecular weight excluding hydrogens is 362 g/mol. The number of carbonyl (C=O) groups is 2. The van der Waals surface area contributed by atoms with Crippen LogP contribution in [0.3, 0.4) is 0 Å². The molecule has 1 amide bonds. The van der Waals surface area contributed by atoms with Crippen molar-refractivity contribution in [2.45, 2.75) is 38.3 Å². The summed E-state index contributed by atoms with van der Waals surface area (Å²) >= 11 is 3.44. The van der Waals surface area contributed by atoms with Crippen molar-refractivity contribution >= 4 is 33.7 Å². The first-order valence-electron chi connectivity index (χ1n) is 7.39. The van der Waals surface area contributed by atoms with Gasteiger partial charge >= 0.3 is 12.1 Å². The number of hydrogen-bond acceptors (Lipinski definition) is 4. The number of fused-ring (bicyclic) bond motifs is 3. The highest BCUT2D eigenvalue weighted by Gasteiger charge is 2.60. The number of benzene rings is 1. The van der Waals surface area contributed by atoms with Crippen molar-refractivity contribution in [3.8, 4) is 0 Å². The van der Waals surface area contributed by atoms with Crippen LogP contribution in [0, 0.1) is 0 Å². The maximum atomic E-state index is 12.3. The van der Waals surface area contributed by atoms with E-state index in [4.69, 9.17) is 9.47 Å². The van der Waals surface area contributed by atoms with Crippen LogP contribution in [0.2, 0.25) is 0 Å². The second kappa shape index (κ2) is 5.67. The summed E-state index contributed by atoms with van der Waals surface area (Å²) < 4.78 is 11.3. The lowest BCUT2D eigenvalue weighted by molar-refractivity contribution is -0.141. The molecule has 0 saturated carbocycles. The van der Waals surface area contributed by atoms with Gasteiger partial charge in [-0.1, -0.05) is 33.6 Å². The molecule has 1 aromatic rings. The van der Waals surface area contributed by atoms with Crippen molar-refractivity contribution in [1.29, 1.82) is 0 Å². The summed E-state index contributed by atoms with van der Waals surface area (Å²) in [4.78, 5) is 25.8. The van der Waals surface area contributed by atoms with Gasteiger partial charge in [0.1, 0.15) is 0 Å². The second-order valence-electron chi connectivity index (χ2n) is 6.16. The highest BCUT2D eigenvalue weighted by atomic mass is 79.9. The smallest absolute Gasteiger partial charge is 0.417 e. The lowest BCUT2D eigenvalue weighted by atomic mass is 9.76. The van der Waals surface area contributed by atoms with E-state index >= 15 is 0 Å². The Morgan fingerprint density at radius 1 is 1.52 bits per heavy atom. The van der Waals surface area contributed by atoms with Gasteiger partial charge in [-0.05, 0) is 38.0 Å². The maximum Gasteiger partial charge on any atom is 0.417 e. The average molecular weight is 380 g/mol. The molecule has 1 saturated heterocycles. The number of amides is 1. The van der Waals surface area contributed by atoms with E-state index in [1.807, 2.05) is 32.0 Å². The highest BCUT2D eigenvalue weighted by Crippen LogP contribution is 2.54. The summed E-state index contributed by atoms with van der Waals surface area (Å²) in [6.07, 6.45) is 1.78. The minimum absolute atomic E-state index is 0.254. The Bertz CT molecular complexity index is 711. The van der Waals surface area contributed by atoms with Crippen molar-refractivity contribution in [2.24, 2.45) is 0 Å². The van der Waals surface area contributed by atoms with Gasteiger partial charge in [-0.2, -0.15) is 0 Å². The molecule has 0 aliphatic carbocycles. The molecule has 0 radical (unpaired) electrons. The zero-order valence-electron chi connectivity index (χ0n) is 13.3. The Kier molecular flexibility index (Phi) is 3.96. The Balaban J connectivity index is 2.18. The van der Waals surface area contributed by atoms with Gasteiger partial charge in [0, 0.05) is 4.47 Å². The monoisotopic (exact) mass is 379 g/mol. The molecule has 122 valence electrons. The van der Waals surface area contributed by atoms with Crippen molar-refractivity contribution < 1.29 is 19.1 Å². The molecule has 6 heteroatoms. The van der Waals surface area contributed by atoms with Gasteiger partial charge in [0.25, 0.3) is 0 Å². The summed E-state index contributed by atoms with van der Waals surface area (Å²) in [5, 5.41) is 0. The van der Waals surface area contributed by atoms with Gasteiger partial charge in [0.2, 0.25) is 0 Å². The standard InChI is InChI=1S/C17H18BrNO4/c1-10(2)6-7-17-9-14(20)23-15(17)19(16(21)22-3)13-8-11(18)4-5-12(13)17/h4-6,8,15H,7,9H2,1-3H3/t15-,17-/m0/s1. The minimum Gasteiger partial charge on any atom is -0.452 e. The Morgan fingerprint density at radius 2 is 2.26 bits per heavy atom. The minimum atomic E-state index is -0.664. The lowest BCUT2D eigenvalue weighted by Gasteiger charge is -2.28. The van der Waals surface area contributed by atoms with E-state index in [9.17, 15) is 9.59 Å². The molecule has 2 aliphatic heterocycles. The Morgan fingerprint density at radius 3 is 2.91 bits per heavy atom. The number of esters is 1. The van der Waals surface area contributed by atoms with Crippen molar-refractivity contribution in [1.82, 2.24) is 0 Å². The van der Waals surface area contributed by atoms with Crippen molar-refractivity contribution in [3.63, 3.8) is 0 Å². The molecule has 2 aliphatic rings. The summed E-state index contributed by atoms with van der Waals surface area (Å²) in [6.45, 7) is 4.03. The zero-order chi connectivity index (χ0) is 16.8. The van der Waals surface area contributed by atoms with E-state index in [0.717, 1.165) is 21.3 Å². The largest absolute Gasteiger partial charge is 0.452 e. The molecule has 1 fully saturated rings. The Hall–Kier alpha value is -1.82. The molecule has 1 aromatic carbocycles. The van der Waals surface area contributed by atoms with E-state index in [-0.39, 0.29) is 12.4 Å². The molecule has 3 rings (SSSR count). The third kappa shape index (κ3) is 2.45. The first-order valence-corrected chi connectivity index (χ1v) is 8.18. The van der Waals surface area contributed by atoms with E-state index in [2.05, 4.69) is 22.0 Å². The van der Waals surface area contributed by atoms with Crippen LogP contribution in [0.15, 0.2) is 34.3 Å². The van der Waals surface area contributed by atoms with E-state index in [1.54, 1.807) is 0 Å². The number of hydrogen-bond donors (Lipinski definition) is 0. The van der Waals surface area contributed by atoms with E-state index < -0.39 is 17.7 Å². The summed E-state index contributed by atoms with van der Waals surface area (Å²) in [5.74, 6) is -0.292. The molecule has 2 heterocycles. The third-order valence-corrected chi connectivity index (χ3v) is 4.90. The summed E-state index contributed by atoms with van der Waals surface area (Å²) in [7, 11) is 1.33. The Labute approximate surface area is 143 Å². The molecule has 0 spiro atoms. The van der Waals surface area contributed by atoms with Gasteiger partial charge in [-0.25, -0.2) is 9.69 Å². The normalized spacial score (nSPS) is 24.8. The van der Waals surface area contributed by atoms with Gasteiger partial charge in [0.15, 0.2) is 6.23 Å². The number of ether oxygens (including phenoxy) is 2. The maximum absolute atomic E-state index is 12.3. The SMILES string of the molecule is COC(=O)N1c2cc(Br)ccc2[C@]2(CC=C(C)C)CC(=O)O[C@H]12. The van der Waals surface area contributed by atoms with Crippen LogP contribution in [0.4, 0.5) is 10.5 Å². The number of anilines is 1. The number of halogens is 1. The van der Waals surface area contributed by atoms with Gasteiger partial charge in [0.05, 0.1) is 24.6 Å². The fourth-order valence-electron chi connectivity index (χ4n) is 3.37. The van der Waals surface area contributed by atoms with Crippen LogP contribution in [0.5, 0.6) is 0 Å². The first kappa shape index (κ1) is 16.1. The van der Waals surface area contributed by atoms with E-state index in [1.165, 1.54) is 12.0 Å². The van der Waals surface area contributed by atoms with Crippen molar-refractivity contribution in [3.05, 3.63) is 39.9 Å². The fourth-order valence-corrected chi connectivity index (χ4v) is 3.71. The number of nitrogens with zero attached hydrogens (tertiary/aromatic N) is 1. The number of methoxy groups -OCH3 is 1. The van der Waals surface area contributed by atoms with Gasteiger partial charge in [-0.3, -0.25) is 4.79 Å². The molecule has 5 nitrogen and oxygen atoms in total. The second-order valence-corrected chi connectivity index (χ2v) is 7.08. The first-order chi connectivity index (χ1) is 10.9. The fraction of sp³-hybridized carbons (Fsp3) is 0.412. The number of rotatable bonds is 2. The molecule has 0 unspecified atom stereocenters. The lowest BCUT2D eigenvalue weighted by Crippen LogP contribution is -2.45. The van der Waals surface area contributed by atoms with Gasteiger partial charge < -0.3 is 9.47 Å². The van der Waals surface area contributed by atoms with Gasteiger partial charge in [-0.15, -0.1) is 0 Å². The van der Waals surface area contributed by atoms with Crippen LogP contribution in [-0.4, -0.2) is 25.4 Å². The molecule has 23 heavy (non-hydrogen) atoms. The van der Waals surface area contributed by atoms with E-state index in [0.29, 0.717) is 6.42 Å².